The van der Waals surface area contributed by atoms with E-state index in [1.54, 1.807) is 0 Å². The van der Waals surface area contributed by atoms with Crippen LogP contribution in [0.2, 0.25) is 5.02 Å². The standard InChI is InChI=1S/C32H39ClN2O3/c1-22-29(21-30(38-22)25-9-12-26(33)13-10-25)32(36)34-17-5-6-18-35-19-15-24(16-20-35)28-14-11-23-7-3-4-8-27(23)31(28)37-2/h9-14,21,24H,3-8,15-20H2,1-2H3,(H,34,36). The molecule has 1 aliphatic carbocycles. The molecule has 5 nitrogen and oxygen atoms in total. The van der Waals surface area contributed by atoms with Crippen LogP contribution in [0.1, 0.15) is 77.3 Å². The fourth-order valence-electron chi connectivity index (χ4n) is 6.06. The van der Waals surface area contributed by atoms with Crippen molar-refractivity contribution in [1.82, 2.24) is 10.2 Å². The Hall–Kier alpha value is -2.76. The molecule has 0 radical (unpaired) electrons. The minimum Gasteiger partial charge on any atom is -0.496 e. The molecule has 1 N–H and O–H groups in total. The van der Waals surface area contributed by atoms with E-state index in [0.29, 0.717) is 34.6 Å². The van der Waals surface area contributed by atoms with Crippen LogP contribution >= 0.6 is 11.6 Å². The van der Waals surface area contributed by atoms with E-state index in [1.165, 1.54) is 54.5 Å². The van der Waals surface area contributed by atoms with Crippen molar-refractivity contribution in [3.8, 4) is 17.1 Å². The van der Waals surface area contributed by atoms with E-state index in [9.17, 15) is 4.79 Å². The first-order valence-corrected chi connectivity index (χ1v) is 14.5. The van der Waals surface area contributed by atoms with Crippen LogP contribution in [0.4, 0.5) is 0 Å². The smallest absolute Gasteiger partial charge is 0.254 e. The van der Waals surface area contributed by atoms with Gasteiger partial charge in [0.05, 0.1) is 12.7 Å². The number of halogens is 1. The van der Waals surface area contributed by atoms with Crippen molar-refractivity contribution < 1.29 is 13.9 Å². The number of nitrogens with zero attached hydrogens (tertiary/aromatic N) is 1. The lowest BCUT2D eigenvalue weighted by Gasteiger charge is -2.33. The summed E-state index contributed by atoms with van der Waals surface area (Å²) in [6.07, 6.45) is 9.33. The monoisotopic (exact) mass is 534 g/mol. The molecule has 1 amide bonds. The second kappa shape index (κ2) is 12.4. The molecule has 0 bridgehead atoms. The van der Waals surface area contributed by atoms with E-state index >= 15 is 0 Å². The second-order valence-electron chi connectivity index (χ2n) is 10.7. The van der Waals surface area contributed by atoms with Gasteiger partial charge in [0.2, 0.25) is 0 Å². The zero-order chi connectivity index (χ0) is 26.5. The number of carbonyl (C=O) groups excluding carboxylic acids is 1. The van der Waals surface area contributed by atoms with Crippen LogP contribution in [0.3, 0.4) is 0 Å². The Labute approximate surface area is 231 Å². The van der Waals surface area contributed by atoms with Crippen LogP contribution in [0.15, 0.2) is 46.9 Å². The average Bonchev–Trinajstić information content (AvgIpc) is 3.34. The van der Waals surface area contributed by atoms with Crippen LogP contribution in [0, 0.1) is 6.92 Å². The van der Waals surface area contributed by atoms with E-state index in [0.717, 1.165) is 44.5 Å². The van der Waals surface area contributed by atoms with Gasteiger partial charge in [-0.05, 0) is 131 Å². The van der Waals surface area contributed by atoms with Crippen LogP contribution < -0.4 is 10.1 Å². The molecule has 2 aromatic carbocycles. The molecule has 0 spiro atoms. The molecule has 5 rings (SSSR count). The van der Waals surface area contributed by atoms with E-state index in [-0.39, 0.29) is 5.91 Å². The zero-order valence-electron chi connectivity index (χ0n) is 22.7. The van der Waals surface area contributed by atoms with E-state index in [1.807, 2.05) is 44.4 Å². The molecule has 38 heavy (non-hydrogen) atoms. The molecule has 202 valence electrons. The average molecular weight is 535 g/mol. The van der Waals surface area contributed by atoms with Gasteiger partial charge in [0.15, 0.2) is 0 Å². The molecule has 1 aliphatic heterocycles. The van der Waals surface area contributed by atoms with Crippen molar-refractivity contribution in [3.05, 3.63) is 75.5 Å². The van der Waals surface area contributed by atoms with E-state index in [2.05, 4.69) is 22.3 Å². The Morgan fingerprint density at radius 2 is 1.84 bits per heavy atom. The summed E-state index contributed by atoms with van der Waals surface area (Å²) in [6.45, 7) is 5.83. The van der Waals surface area contributed by atoms with Crippen LogP contribution in [0.5, 0.6) is 5.75 Å². The number of benzene rings is 2. The molecule has 2 heterocycles. The number of amides is 1. The first-order valence-electron chi connectivity index (χ1n) is 14.1. The highest BCUT2D eigenvalue weighted by molar-refractivity contribution is 6.30. The number of methoxy groups -OCH3 is 1. The Bertz CT molecular complexity index is 1240. The Kier molecular flexibility index (Phi) is 8.75. The molecule has 2 aliphatic rings. The van der Waals surface area contributed by atoms with Gasteiger partial charge < -0.3 is 19.4 Å². The maximum absolute atomic E-state index is 12.7. The van der Waals surface area contributed by atoms with Gasteiger partial charge in [0.25, 0.3) is 5.91 Å². The number of nitrogens with one attached hydrogen (secondary N) is 1. The van der Waals surface area contributed by atoms with Crippen molar-refractivity contribution >= 4 is 17.5 Å². The van der Waals surface area contributed by atoms with Crippen molar-refractivity contribution in [1.29, 1.82) is 0 Å². The Balaban J connectivity index is 1.04. The SMILES string of the molecule is COc1c(C2CCN(CCCCNC(=O)c3cc(-c4ccc(Cl)cc4)oc3C)CC2)ccc2c1CCCC2. The topological polar surface area (TPSA) is 54.7 Å². The van der Waals surface area contributed by atoms with Crippen molar-refractivity contribution in [3.63, 3.8) is 0 Å². The lowest BCUT2D eigenvalue weighted by Crippen LogP contribution is -2.34. The Morgan fingerprint density at radius 3 is 2.61 bits per heavy atom. The first kappa shape index (κ1) is 26.8. The largest absolute Gasteiger partial charge is 0.496 e. The quantitative estimate of drug-likeness (QED) is 0.295. The number of ether oxygens (including phenoxy) is 1. The minimum atomic E-state index is -0.0775. The van der Waals surface area contributed by atoms with Gasteiger partial charge >= 0.3 is 0 Å². The van der Waals surface area contributed by atoms with Gasteiger partial charge in [-0.25, -0.2) is 0 Å². The third-order valence-electron chi connectivity index (χ3n) is 8.22. The van der Waals surface area contributed by atoms with E-state index < -0.39 is 0 Å². The number of likely N-dealkylation sites (tertiary alicyclic amines) is 1. The molecule has 1 fully saturated rings. The van der Waals surface area contributed by atoms with Gasteiger partial charge in [0, 0.05) is 17.1 Å². The lowest BCUT2D eigenvalue weighted by atomic mass is 9.83. The number of rotatable bonds is 9. The third kappa shape index (κ3) is 6.10. The number of unbranched alkanes of at least 4 members (excludes halogenated alkanes) is 1. The molecule has 0 atom stereocenters. The van der Waals surface area contributed by atoms with Gasteiger partial charge in [-0.3, -0.25) is 4.79 Å². The number of aryl methyl sites for hydroxylation is 2. The normalized spacial score (nSPS) is 16.3. The third-order valence-corrected chi connectivity index (χ3v) is 8.47. The summed E-state index contributed by atoms with van der Waals surface area (Å²) < 4.78 is 11.8. The highest BCUT2D eigenvalue weighted by Gasteiger charge is 2.26. The van der Waals surface area contributed by atoms with Gasteiger partial charge in [-0.15, -0.1) is 0 Å². The van der Waals surface area contributed by atoms with Crippen molar-refractivity contribution in [2.75, 3.05) is 33.3 Å². The summed E-state index contributed by atoms with van der Waals surface area (Å²) in [5, 5.41) is 3.74. The summed E-state index contributed by atoms with van der Waals surface area (Å²) in [7, 11) is 1.84. The highest BCUT2D eigenvalue weighted by atomic mass is 35.5. The maximum atomic E-state index is 12.7. The fourth-order valence-corrected chi connectivity index (χ4v) is 6.19. The molecule has 1 aromatic heterocycles. The molecule has 3 aromatic rings. The molecular weight excluding hydrogens is 496 g/mol. The van der Waals surface area contributed by atoms with Crippen LogP contribution in [-0.4, -0.2) is 44.1 Å². The number of hydrogen-bond donors (Lipinski definition) is 1. The van der Waals surface area contributed by atoms with Gasteiger partial charge in [-0.2, -0.15) is 0 Å². The van der Waals surface area contributed by atoms with Gasteiger partial charge in [-0.1, -0.05) is 23.7 Å². The summed E-state index contributed by atoms with van der Waals surface area (Å²) in [4.78, 5) is 15.3. The predicted molar refractivity (Wildman–Crippen MR) is 154 cm³/mol. The number of carbonyl (C=O) groups is 1. The second-order valence-corrected chi connectivity index (χ2v) is 11.1. The predicted octanol–water partition coefficient (Wildman–Crippen LogP) is 7.19. The maximum Gasteiger partial charge on any atom is 0.254 e. The van der Waals surface area contributed by atoms with Crippen molar-refractivity contribution in [2.24, 2.45) is 0 Å². The summed E-state index contributed by atoms with van der Waals surface area (Å²) in [5.41, 5.74) is 5.88. The van der Waals surface area contributed by atoms with Crippen molar-refractivity contribution in [2.45, 2.75) is 64.2 Å². The Morgan fingerprint density at radius 1 is 1.08 bits per heavy atom. The number of furan rings is 1. The molecular formula is C32H39ClN2O3. The summed E-state index contributed by atoms with van der Waals surface area (Å²) in [5.74, 6) is 2.99. The van der Waals surface area contributed by atoms with E-state index in [4.69, 9.17) is 20.8 Å². The summed E-state index contributed by atoms with van der Waals surface area (Å²) in [6, 6.07) is 13.9. The molecule has 6 heteroatoms. The number of piperidine rings is 1. The molecule has 0 saturated carbocycles. The number of fused-ring (bicyclic) bond motifs is 1. The van der Waals surface area contributed by atoms with Crippen LogP contribution in [0.25, 0.3) is 11.3 Å². The van der Waals surface area contributed by atoms with Crippen LogP contribution in [-0.2, 0) is 12.8 Å². The minimum absolute atomic E-state index is 0.0775. The fraction of sp³-hybridized carbons (Fsp3) is 0.469. The first-order chi connectivity index (χ1) is 18.5. The van der Waals surface area contributed by atoms with Gasteiger partial charge in [0.1, 0.15) is 17.3 Å². The number of hydrogen-bond acceptors (Lipinski definition) is 4. The highest BCUT2D eigenvalue weighted by Crippen LogP contribution is 2.40. The lowest BCUT2D eigenvalue weighted by molar-refractivity contribution is 0.0950. The molecule has 1 saturated heterocycles. The molecule has 0 unspecified atom stereocenters. The zero-order valence-corrected chi connectivity index (χ0v) is 23.4. The summed E-state index contributed by atoms with van der Waals surface area (Å²) >= 11 is 5.98.